The van der Waals surface area contributed by atoms with E-state index in [0.29, 0.717) is 17.1 Å². The van der Waals surface area contributed by atoms with Crippen molar-refractivity contribution in [1.29, 1.82) is 0 Å². The van der Waals surface area contributed by atoms with Crippen LogP contribution in [0.15, 0.2) is 70.6 Å². The van der Waals surface area contributed by atoms with Crippen molar-refractivity contribution in [3.8, 4) is 5.69 Å². The van der Waals surface area contributed by atoms with Crippen molar-refractivity contribution in [3.63, 3.8) is 0 Å². The van der Waals surface area contributed by atoms with E-state index in [4.69, 9.17) is 4.74 Å². The fraction of sp³-hybridized carbons (Fsp3) is 0.208. The minimum absolute atomic E-state index is 0.0404. The summed E-state index contributed by atoms with van der Waals surface area (Å²) >= 11 is 0. The Morgan fingerprint density at radius 2 is 1.59 bits per heavy atom. The molecule has 0 bridgehead atoms. The highest BCUT2D eigenvalue weighted by molar-refractivity contribution is 6.38. The lowest BCUT2D eigenvalue weighted by Gasteiger charge is -2.22. The van der Waals surface area contributed by atoms with Gasteiger partial charge in [0.2, 0.25) is 5.91 Å². The molecule has 0 fully saturated rings. The van der Waals surface area contributed by atoms with Gasteiger partial charge < -0.3 is 10.1 Å². The zero-order chi connectivity index (χ0) is 24.2. The van der Waals surface area contributed by atoms with Crippen molar-refractivity contribution in [2.45, 2.75) is 19.8 Å². The molecule has 34 heavy (non-hydrogen) atoms. The fourth-order valence-corrected chi connectivity index (χ4v) is 3.57. The van der Waals surface area contributed by atoms with E-state index in [9.17, 15) is 19.2 Å². The minimum atomic E-state index is -0.796. The average molecular weight is 461 g/mol. The van der Waals surface area contributed by atoms with Crippen LogP contribution >= 0.6 is 0 Å². The van der Waals surface area contributed by atoms with Crippen molar-refractivity contribution in [2.24, 2.45) is 12.1 Å². The normalized spacial score (nSPS) is 13.4. The number of ether oxygens (including phenoxy) is 1. The molecule has 2 aromatic carbocycles. The monoisotopic (exact) mass is 461 g/mol. The highest BCUT2D eigenvalue weighted by atomic mass is 16.5. The molecule has 1 N–H and O–H groups in total. The topological polar surface area (TPSA) is 115 Å². The Hall–Kier alpha value is -4.47. The summed E-state index contributed by atoms with van der Waals surface area (Å²) in [6.45, 7) is 1.10. The summed E-state index contributed by atoms with van der Waals surface area (Å²) in [6.07, 6.45) is 0.208. The van der Waals surface area contributed by atoms with E-state index in [1.807, 2.05) is 18.2 Å². The van der Waals surface area contributed by atoms with E-state index < -0.39 is 24.0 Å². The van der Waals surface area contributed by atoms with Gasteiger partial charge >= 0.3 is 5.97 Å². The van der Waals surface area contributed by atoms with Crippen molar-refractivity contribution in [1.82, 2.24) is 9.36 Å². The standard InChI is InChI=1S/C24H23N5O5/c1-16-22(23(32)29(27(16)2)18-11-7-4-8-12-18)25-20(30)15-34-24(33)19-13-14-21(31)28(26-19)17-9-5-3-6-10-17/h3-12H,13-15H2,1-2H3,(H,25,30). The maximum Gasteiger partial charge on any atom is 0.355 e. The highest BCUT2D eigenvalue weighted by Gasteiger charge is 2.27. The number of hydrogen-bond donors (Lipinski definition) is 1. The van der Waals surface area contributed by atoms with Crippen LogP contribution in [0.4, 0.5) is 11.4 Å². The molecule has 3 aromatic rings. The summed E-state index contributed by atoms with van der Waals surface area (Å²) in [5.41, 5.74) is 1.46. The lowest BCUT2D eigenvalue weighted by Crippen LogP contribution is -2.35. The number of carbonyl (C=O) groups excluding carboxylic acids is 3. The molecule has 4 rings (SSSR count). The van der Waals surface area contributed by atoms with Crippen LogP contribution in [0.3, 0.4) is 0 Å². The van der Waals surface area contributed by atoms with E-state index in [0.717, 1.165) is 5.01 Å². The molecule has 0 saturated carbocycles. The van der Waals surface area contributed by atoms with Crippen LogP contribution in [0.1, 0.15) is 18.5 Å². The van der Waals surface area contributed by atoms with Crippen LogP contribution in [0, 0.1) is 6.92 Å². The number of nitrogens with one attached hydrogen (secondary N) is 1. The second-order valence-electron chi connectivity index (χ2n) is 7.65. The number of para-hydroxylation sites is 2. The Bertz CT molecular complexity index is 1330. The number of amides is 2. The average Bonchev–Trinajstić information content (AvgIpc) is 3.06. The summed E-state index contributed by atoms with van der Waals surface area (Å²) in [5.74, 6) is -1.70. The van der Waals surface area contributed by atoms with Gasteiger partial charge in [-0.15, -0.1) is 0 Å². The smallest absolute Gasteiger partial charge is 0.355 e. The Balaban J connectivity index is 1.43. The molecular weight excluding hydrogens is 438 g/mol. The quantitative estimate of drug-likeness (QED) is 0.565. The molecule has 10 nitrogen and oxygen atoms in total. The van der Waals surface area contributed by atoms with E-state index in [-0.39, 0.29) is 30.1 Å². The molecule has 0 saturated heterocycles. The number of hydrazone groups is 1. The molecular formula is C24H23N5O5. The second kappa shape index (κ2) is 9.57. The Morgan fingerprint density at radius 3 is 2.24 bits per heavy atom. The van der Waals surface area contributed by atoms with Gasteiger partial charge in [0.25, 0.3) is 11.5 Å². The predicted octanol–water partition coefficient (Wildman–Crippen LogP) is 2.15. The minimum Gasteiger partial charge on any atom is -0.451 e. The van der Waals surface area contributed by atoms with Crippen molar-refractivity contribution in [2.75, 3.05) is 16.9 Å². The summed E-state index contributed by atoms with van der Waals surface area (Å²) < 4.78 is 8.16. The van der Waals surface area contributed by atoms with Crippen LogP contribution in [0.25, 0.3) is 5.69 Å². The lowest BCUT2D eigenvalue weighted by atomic mass is 10.1. The first-order valence-corrected chi connectivity index (χ1v) is 10.6. The third kappa shape index (κ3) is 4.51. The Morgan fingerprint density at radius 1 is 0.971 bits per heavy atom. The SMILES string of the molecule is Cc1c(NC(=O)COC(=O)C2=NN(c3ccccc3)C(=O)CC2)c(=O)n(-c2ccccc2)n1C. The molecule has 0 radical (unpaired) electrons. The second-order valence-corrected chi connectivity index (χ2v) is 7.65. The van der Waals surface area contributed by atoms with Gasteiger partial charge in [0.05, 0.1) is 17.1 Å². The zero-order valence-electron chi connectivity index (χ0n) is 18.7. The van der Waals surface area contributed by atoms with Gasteiger partial charge in [-0.1, -0.05) is 36.4 Å². The predicted molar refractivity (Wildman–Crippen MR) is 126 cm³/mol. The molecule has 1 aliphatic heterocycles. The third-order valence-electron chi connectivity index (χ3n) is 5.42. The first-order valence-electron chi connectivity index (χ1n) is 10.6. The van der Waals surface area contributed by atoms with Crippen LogP contribution < -0.4 is 15.9 Å². The van der Waals surface area contributed by atoms with Gasteiger partial charge in [-0.25, -0.2) is 14.5 Å². The molecule has 0 unspecified atom stereocenters. The molecule has 0 spiro atoms. The molecule has 2 heterocycles. The van der Waals surface area contributed by atoms with Gasteiger partial charge in [-0.3, -0.25) is 19.1 Å². The van der Waals surface area contributed by atoms with E-state index in [1.165, 1.54) is 4.68 Å². The van der Waals surface area contributed by atoms with Crippen LogP contribution in [0.2, 0.25) is 0 Å². The Labute approximate surface area is 195 Å². The summed E-state index contributed by atoms with van der Waals surface area (Å²) in [7, 11) is 1.71. The maximum absolute atomic E-state index is 12.9. The first-order chi connectivity index (χ1) is 16.4. The number of nitrogens with zero attached hydrogens (tertiary/aromatic N) is 4. The molecule has 0 aliphatic carbocycles. The van der Waals surface area contributed by atoms with Gasteiger partial charge in [0.15, 0.2) is 6.61 Å². The largest absolute Gasteiger partial charge is 0.451 e. The van der Waals surface area contributed by atoms with E-state index >= 15 is 0 Å². The van der Waals surface area contributed by atoms with E-state index in [2.05, 4.69) is 10.4 Å². The molecule has 0 atom stereocenters. The van der Waals surface area contributed by atoms with Crippen LogP contribution in [-0.2, 0) is 26.2 Å². The maximum atomic E-state index is 12.9. The third-order valence-corrected chi connectivity index (χ3v) is 5.42. The number of hydrogen-bond acceptors (Lipinski definition) is 6. The summed E-state index contributed by atoms with van der Waals surface area (Å²) in [4.78, 5) is 50.0. The van der Waals surface area contributed by atoms with Crippen molar-refractivity contribution >= 4 is 34.9 Å². The molecule has 174 valence electrons. The number of aromatic nitrogens is 2. The van der Waals surface area contributed by atoms with E-state index in [1.54, 1.807) is 61.1 Å². The first kappa shape index (κ1) is 22.7. The Kier molecular flexibility index (Phi) is 6.39. The molecule has 1 aliphatic rings. The van der Waals surface area contributed by atoms with Crippen LogP contribution in [0.5, 0.6) is 0 Å². The van der Waals surface area contributed by atoms with Gasteiger partial charge in [-0.05, 0) is 31.2 Å². The van der Waals surface area contributed by atoms with Crippen molar-refractivity contribution in [3.05, 3.63) is 76.7 Å². The lowest BCUT2D eigenvalue weighted by molar-refractivity contribution is -0.140. The van der Waals surface area contributed by atoms with Crippen LogP contribution in [-0.4, -0.2) is 39.5 Å². The molecule has 1 aromatic heterocycles. The molecule has 10 heteroatoms. The van der Waals surface area contributed by atoms with Crippen molar-refractivity contribution < 1.29 is 19.1 Å². The summed E-state index contributed by atoms with van der Waals surface area (Å²) in [6, 6.07) is 17.7. The number of anilines is 2. The molecule has 2 amide bonds. The number of benzene rings is 2. The van der Waals surface area contributed by atoms with Gasteiger partial charge in [0, 0.05) is 19.9 Å². The number of carbonyl (C=O) groups is 3. The number of rotatable bonds is 6. The van der Waals surface area contributed by atoms with Gasteiger partial charge in [-0.2, -0.15) is 5.10 Å². The zero-order valence-corrected chi connectivity index (χ0v) is 18.7. The summed E-state index contributed by atoms with van der Waals surface area (Å²) in [5, 5.41) is 7.80. The van der Waals surface area contributed by atoms with Gasteiger partial charge in [0.1, 0.15) is 11.4 Å². The highest BCUT2D eigenvalue weighted by Crippen LogP contribution is 2.20. The fourth-order valence-electron chi connectivity index (χ4n) is 3.57. The number of esters is 1.